The van der Waals surface area contributed by atoms with E-state index in [1.165, 1.54) is 15.4 Å². The van der Waals surface area contributed by atoms with Crippen LogP contribution >= 0.6 is 11.8 Å². The molecule has 0 aliphatic heterocycles. The fourth-order valence-corrected chi connectivity index (χ4v) is 2.40. The van der Waals surface area contributed by atoms with E-state index in [-0.39, 0.29) is 11.9 Å². The van der Waals surface area contributed by atoms with E-state index in [0.29, 0.717) is 6.04 Å². The molecule has 0 spiro atoms. The zero-order chi connectivity index (χ0) is 13.8. The van der Waals surface area contributed by atoms with Crippen LogP contribution in [-0.2, 0) is 11.3 Å². The van der Waals surface area contributed by atoms with Crippen molar-refractivity contribution in [2.24, 2.45) is 0 Å². The Labute approximate surface area is 119 Å². The highest BCUT2D eigenvalue weighted by Gasteiger charge is 2.29. The van der Waals surface area contributed by atoms with E-state index >= 15 is 0 Å². The highest BCUT2D eigenvalue weighted by atomic mass is 32.2. The molecule has 0 heterocycles. The van der Waals surface area contributed by atoms with Crippen molar-refractivity contribution in [2.75, 3.05) is 13.3 Å². The van der Waals surface area contributed by atoms with Crippen LogP contribution < -0.4 is 10.2 Å². The molecular formula is C15H23N2OS+. The number of quaternary nitrogens is 1. The molecular weight excluding hydrogens is 256 g/mol. The Kier molecular flexibility index (Phi) is 4.88. The molecule has 0 bridgehead atoms. The van der Waals surface area contributed by atoms with E-state index in [1.807, 2.05) is 6.92 Å². The van der Waals surface area contributed by atoms with Gasteiger partial charge in [-0.2, -0.15) is 0 Å². The number of hydrogen-bond donors (Lipinski definition) is 2. The molecule has 1 unspecified atom stereocenters. The van der Waals surface area contributed by atoms with Gasteiger partial charge in [0.25, 0.3) is 5.91 Å². The predicted molar refractivity (Wildman–Crippen MR) is 79.4 cm³/mol. The first-order chi connectivity index (χ1) is 9.10. The summed E-state index contributed by atoms with van der Waals surface area (Å²) in [4.78, 5) is 14.5. The zero-order valence-corrected chi connectivity index (χ0v) is 12.7. The van der Waals surface area contributed by atoms with Gasteiger partial charge in [-0.1, -0.05) is 12.1 Å². The van der Waals surface area contributed by atoms with Gasteiger partial charge in [0.05, 0.1) is 7.05 Å². The minimum absolute atomic E-state index is 0.000765. The van der Waals surface area contributed by atoms with Crippen LogP contribution in [-0.4, -0.2) is 31.3 Å². The number of carbonyl (C=O) groups is 1. The number of benzene rings is 1. The van der Waals surface area contributed by atoms with Gasteiger partial charge in [-0.3, -0.25) is 4.79 Å². The number of rotatable bonds is 6. The van der Waals surface area contributed by atoms with E-state index in [4.69, 9.17) is 0 Å². The molecule has 2 atom stereocenters. The molecule has 1 saturated carbocycles. The number of hydrogen-bond acceptors (Lipinski definition) is 2. The fourth-order valence-electron chi connectivity index (χ4n) is 2.00. The van der Waals surface area contributed by atoms with Crippen molar-refractivity contribution in [3.05, 3.63) is 29.8 Å². The third-order valence-corrected chi connectivity index (χ3v) is 4.44. The summed E-state index contributed by atoms with van der Waals surface area (Å²) in [6.07, 6.45) is 4.37. The van der Waals surface area contributed by atoms with Crippen LogP contribution in [0.2, 0.25) is 0 Å². The molecule has 3 nitrogen and oxygen atoms in total. The van der Waals surface area contributed by atoms with Crippen LogP contribution in [0.15, 0.2) is 29.2 Å². The van der Waals surface area contributed by atoms with Crippen molar-refractivity contribution in [1.82, 2.24) is 5.32 Å². The maximum Gasteiger partial charge on any atom is 0.278 e. The molecule has 104 valence electrons. The van der Waals surface area contributed by atoms with Crippen LogP contribution in [0.5, 0.6) is 0 Å². The van der Waals surface area contributed by atoms with Crippen molar-refractivity contribution < 1.29 is 9.69 Å². The third-order valence-electron chi connectivity index (χ3n) is 3.70. The van der Waals surface area contributed by atoms with E-state index in [2.05, 4.69) is 42.9 Å². The number of carbonyl (C=O) groups excluding carboxylic acids is 1. The quantitative estimate of drug-likeness (QED) is 0.764. The molecule has 19 heavy (non-hydrogen) atoms. The topological polar surface area (TPSA) is 33.5 Å². The molecule has 1 aliphatic carbocycles. The molecule has 4 heteroatoms. The molecule has 2 rings (SSSR count). The van der Waals surface area contributed by atoms with Crippen molar-refractivity contribution in [3.63, 3.8) is 0 Å². The zero-order valence-electron chi connectivity index (χ0n) is 11.9. The van der Waals surface area contributed by atoms with Gasteiger partial charge in [0.2, 0.25) is 0 Å². The van der Waals surface area contributed by atoms with E-state index < -0.39 is 0 Å². The standard InChI is InChI=1S/C15H22N2OS/c1-11(15(18)16-13-6-7-13)17(2)10-12-4-8-14(19-3)9-5-12/h4-5,8-9,11,13H,6-7,10H2,1-3H3,(H,16,18)/p+1/t11-/m1/s1. The highest BCUT2D eigenvalue weighted by Crippen LogP contribution is 2.18. The van der Waals surface area contributed by atoms with Crippen molar-refractivity contribution in [3.8, 4) is 0 Å². The van der Waals surface area contributed by atoms with Gasteiger partial charge in [0.15, 0.2) is 6.04 Å². The van der Waals surface area contributed by atoms with Gasteiger partial charge >= 0.3 is 0 Å². The number of thioether (sulfide) groups is 1. The van der Waals surface area contributed by atoms with Gasteiger partial charge in [-0.25, -0.2) is 0 Å². The molecule has 1 aromatic carbocycles. The molecule has 1 amide bonds. The maximum absolute atomic E-state index is 12.0. The first-order valence-corrected chi connectivity index (χ1v) is 8.08. The second-order valence-corrected chi connectivity index (χ2v) is 6.26. The molecule has 1 aliphatic rings. The lowest BCUT2D eigenvalue weighted by atomic mass is 10.2. The predicted octanol–water partition coefficient (Wildman–Crippen LogP) is 1.09. The lowest BCUT2D eigenvalue weighted by Crippen LogP contribution is -3.12. The van der Waals surface area contributed by atoms with Crippen LogP contribution in [0.4, 0.5) is 0 Å². The average Bonchev–Trinajstić information content (AvgIpc) is 3.22. The van der Waals surface area contributed by atoms with Crippen LogP contribution in [0.3, 0.4) is 0 Å². The Hall–Kier alpha value is -1.00. The second-order valence-electron chi connectivity index (χ2n) is 5.38. The second kappa shape index (κ2) is 6.44. The summed E-state index contributed by atoms with van der Waals surface area (Å²) in [6.45, 7) is 2.89. The monoisotopic (exact) mass is 279 g/mol. The molecule has 0 saturated heterocycles. The normalized spacial score (nSPS) is 17.8. The minimum atomic E-state index is 0.000765. The molecule has 0 aromatic heterocycles. The Bertz CT molecular complexity index is 428. The van der Waals surface area contributed by atoms with Crippen LogP contribution in [0, 0.1) is 0 Å². The van der Waals surface area contributed by atoms with Crippen LogP contribution in [0.1, 0.15) is 25.3 Å². The molecule has 1 aromatic rings. The molecule has 1 fully saturated rings. The Balaban J connectivity index is 1.87. The van der Waals surface area contributed by atoms with Gasteiger partial charge in [-0.05, 0) is 38.2 Å². The van der Waals surface area contributed by atoms with Crippen molar-refractivity contribution in [1.29, 1.82) is 0 Å². The van der Waals surface area contributed by atoms with Crippen LogP contribution in [0.25, 0.3) is 0 Å². The van der Waals surface area contributed by atoms with E-state index in [9.17, 15) is 4.79 Å². The largest absolute Gasteiger partial charge is 0.348 e. The smallest absolute Gasteiger partial charge is 0.278 e. The van der Waals surface area contributed by atoms with Crippen molar-refractivity contribution in [2.45, 2.75) is 43.3 Å². The van der Waals surface area contributed by atoms with Crippen molar-refractivity contribution >= 4 is 17.7 Å². The Morgan fingerprint density at radius 3 is 2.58 bits per heavy atom. The fraction of sp³-hybridized carbons (Fsp3) is 0.533. The first-order valence-electron chi connectivity index (χ1n) is 6.85. The summed E-state index contributed by atoms with van der Waals surface area (Å²) in [7, 11) is 2.08. The van der Waals surface area contributed by atoms with E-state index in [0.717, 1.165) is 19.4 Å². The Morgan fingerprint density at radius 2 is 2.05 bits per heavy atom. The summed E-state index contributed by atoms with van der Waals surface area (Å²) < 4.78 is 0. The maximum atomic E-state index is 12.0. The lowest BCUT2D eigenvalue weighted by molar-refractivity contribution is -0.908. The number of amides is 1. The van der Waals surface area contributed by atoms with Gasteiger partial charge in [0, 0.05) is 16.5 Å². The van der Waals surface area contributed by atoms with Gasteiger partial charge in [0.1, 0.15) is 6.54 Å². The molecule has 0 radical (unpaired) electrons. The van der Waals surface area contributed by atoms with E-state index in [1.54, 1.807) is 11.8 Å². The third kappa shape index (κ3) is 4.25. The summed E-state index contributed by atoms with van der Waals surface area (Å²) >= 11 is 1.75. The molecule has 2 N–H and O–H groups in total. The van der Waals surface area contributed by atoms with Gasteiger partial charge in [-0.15, -0.1) is 11.8 Å². The minimum Gasteiger partial charge on any atom is -0.348 e. The first kappa shape index (κ1) is 14.4. The summed E-state index contributed by atoms with van der Waals surface area (Å²) in [5.41, 5.74) is 1.28. The number of likely N-dealkylation sites (N-methyl/N-ethyl adjacent to an activating group) is 1. The highest BCUT2D eigenvalue weighted by molar-refractivity contribution is 7.98. The lowest BCUT2D eigenvalue weighted by Gasteiger charge is -2.21. The SMILES string of the molecule is CSc1ccc(C[NH+](C)[C@H](C)C(=O)NC2CC2)cc1. The van der Waals surface area contributed by atoms with Gasteiger partial charge < -0.3 is 10.2 Å². The summed E-state index contributed by atoms with van der Waals surface area (Å²) in [5, 5.41) is 3.08. The summed E-state index contributed by atoms with van der Waals surface area (Å²) in [5.74, 6) is 0.181. The Morgan fingerprint density at radius 1 is 1.42 bits per heavy atom. The average molecular weight is 279 g/mol. The summed E-state index contributed by atoms with van der Waals surface area (Å²) in [6, 6.07) is 9.04. The number of nitrogens with one attached hydrogen (secondary N) is 2.